The number of likely N-dealkylation sites (N-methyl/N-ethyl adjacent to an activating group) is 1. The summed E-state index contributed by atoms with van der Waals surface area (Å²) >= 11 is 0. The maximum atomic E-state index is 13.3. The van der Waals surface area contributed by atoms with Crippen molar-refractivity contribution in [2.24, 2.45) is 0 Å². The van der Waals surface area contributed by atoms with Crippen LogP contribution in [0.4, 0.5) is 19.0 Å². The molecule has 0 saturated carbocycles. The van der Waals surface area contributed by atoms with Crippen molar-refractivity contribution in [1.29, 1.82) is 0 Å². The monoisotopic (exact) mass is 408 g/mol. The van der Waals surface area contributed by atoms with Crippen molar-refractivity contribution in [3.8, 4) is 11.5 Å². The van der Waals surface area contributed by atoms with Gasteiger partial charge < -0.3 is 10.2 Å². The van der Waals surface area contributed by atoms with E-state index in [4.69, 9.17) is 0 Å². The number of piperidine rings is 1. The molecule has 0 aromatic carbocycles. The Labute approximate surface area is 167 Å². The van der Waals surface area contributed by atoms with Crippen molar-refractivity contribution in [1.82, 2.24) is 24.8 Å². The molecule has 1 amide bonds. The second-order valence-corrected chi connectivity index (χ2v) is 7.16. The number of alkyl halides is 3. The molecule has 1 aliphatic heterocycles. The predicted octanol–water partition coefficient (Wildman–Crippen LogP) is 2.52. The summed E-state index contributed by atoms with van der Waals surface area (Å²) in [6, 6.07) is 5.80. The Morgan fingerprint density at radius 3 is 2.55 bits per heavy atom. The SMILES string of the molecule is CN(C)C(=O)CN1CCC(Nc2cc(C(F)(F)F)nc(-c3ccccn3)n2)CC1. The molecule has 10 heteroatoms. The lowest BCUT2D eigenvalue weighted by atomic mass is 10.0. The lowest BCUT2D eigenvalue weighted by molar-refractivity contribution is -0.141. The quantitative estimate of drug-likeness (QED) is 0.820. The number of nitrogens with zero attached hydrogens (tertiary/aromatic N) is 5. The molecule has 2 aromatic heterocycles. The Kier molecular flexibility index (Phi) is 6.31. The maximum Gasteiger partial charge on any atom is 0.433 e. The fraction of sp³-hybridized carbons (Fsp3) is 0.474. The lowest BCUT2D eigenvalue weighted by Crippen LogP contribution is -2.44. The lowest BCUT2D eigenvalue weighted by Gasteiger charge is -2.32. The van der Waals surface area contributed by atoms with Crippen LogP contribution >= 0.6 is 0 Å². The second-order valence-electron chi connectivity index (χ2n) is 7.16. The molecular formula is C19H23F3N6O. The highest BCUT2D eigenvalue weighted by Crippen LogP contribution is 2.31. The van der Waals surface area contributed by atoms with E-state index < -0.39 is 11.9 Å². The molecule has 2 aromatic rings. The normalized spacial score (nSPS) is 15.9. The Morgan fingerprint density at radius 2 is 1.97 bits per heavy atom. The zero-order valence-corrected chi connectivity index (χ0v) is 16.3. The van der Waals surface area contributed by atoms with Crippen LogP contribution in [0.2, 0.25) is 0 Å². The van der Waals surface area contributed by atoms with Crippen LogP contribution in [0.3, 0.4) is 0 Å². The van der Waals surface area contributed by atoms with E-state index in [9.17, 15) is 18.0 Å². The molecule has 156 valence electrons. The number of amides is 1. The van der Waals surface area contributed by atoms with Crippen LogP contribution in [0.5, 0.6) is 0 Å². The second kappa shape index (κ2) is 8.73. The van der Waals surface area contributed by atoms with Gasteiger partial charge in [-0.25, -0.2) is 9.97 Å². The van der Waals surface area contributed by atoms with E-state index in [0.717, 1.165) is 6.07 Å². The molecule has 3 rings (SSSR count). The number of carbonyl (C=O) groups excluding carboxylic acids is 1. The number of anilines is 1. The van der Waals surface area contributed by atoms with E-state index in [-0.39, 0.29) is 29.3 Å². The fourth-order valence-electron chi connectivity index (χ4n) is 3.05. The van der Waals surface area contributed by atoms with Gasteiger partial charge in [-0.2, -0.15) is 13.2 Å². The van der Waals surface area contributed by atoms with Gasteiger partial charge in [0.15, 0.2) is 11.5 Å². The van der Waals surface area contributed by atoms with Crippen LogP contribution in [0, 0.1) is 0 Å². The first-order valence-electron chi connectivity index (χ1n) is 9.29. The predicted molar refractivity (Wildman–Crippen MR) is 102 cm³/mol. The van der Waals surface area contributed by atoms with Crippen molar-refractivity contribution in [3.05, 3.63) is 36.2 Å². The molecule has 0 spiro atoms. The van der Waals surface area contributed by atoms with Crippen LogP contribution in [0.25, 0.3) is 11.5 Å². The Morgan fingerprint density at radius 1 is 1.24 bits per heavy atom. The summed E-state index contributed by atoms with van der Waals surface area (Å²) in [5, 5.41) is 3.10. The zero-order valence-electron chi connectivity index (χ0n) is 16.3. The minimum Gasteiger partial charge on any atom is -0.367 e. The average molecular weight is 408 g/mol. The Balaban J connectivity index is 1.72. The van der Waals surface area contributed by atoms with E-state index in [1.165, 1.54) is 6.20 Å². The van der Waals surface area contributed by atoms with E-state index >= 15 is 0 Å². The summed E-state index contributed by atoms with van der Waals surface area (Å²) in [5.74, 6) is 0.0785. The highest BCUT2D eigenvalue weighted by atomic mass is 19.4. The van der Waals surface area contributed by atoms with Crippen LogP contribution in [-0.2, 0) is 11.0 Å². The molecule has 0 unspecified atom stereocenters. The molecule has 0 bridgehead atoms. The molecule has 29 heavy (non-hydrogen) atoms. The number of aromatic nitrogens is 3. The summed E-state index contributed by atoms with van der Waals surface area (Å²) in [5.41, 5.74) is -0.733. The van der Waals surface area contributed by atoms with Gasteiger partial charge in [0.2, 0.25) is 5.91 Å². The molecule has 1 fully saturated rings. The first-order valence-corrected chi connectivity index (χ1v) is 9.29. The molecule has 1 aliphatic rings. The average Bonchev–Trinajstić information content (AvgIpc) is 2.69. The molecule has 0 atom stereocenters. The summed E-state index contributed by atoms with van der Waals surface area (Å²) in [4.78, 5) is 27.3. The van der Waals surface area contributed by atoms with Gasteiger partial charge in [-0.3, -0.25) is 14.7 Å². The standard InChI is InChI=1S/C19H23F3N6O/c1-27(2)17(29)12-28-9-6-13(7-10-28)24-16-11-15(19(20,21)22)25-18(26-16)14-5-3-4-8-23-14/h3-5,8,11,13H,6-7,9-10,12H2,1-2H3,(H,24,25,26). The third-order valence-electron chi connectivity index (χ3n) is 4.71. The number of carbonyl (C=O) groups is 1. The summed E-state index contributed by atoms with van der Waals surface area (Å²) < 4.78 is 39.9. The Bertz CT molecular complexity index is 836. The third-order valence-corrected chi connectivity index (χ3v) is 4.71. The van der Waals surface area contributed by atoms with E-state index in [1.807, 2.05) is 4.90 Å². The van der Waals surface area contributed by atoms with Gasteiger partial charge in [-0.15, -0.1) is 0 Å². The van der Waals surface area contributed by atoms with Gasteiger partial charge in [-0.05, 0) is 25.0 Å². The van der Waals surface area contributed by atoms with Gasteiger partial charge in [0.05, 0.1) is 6.54 Å². The van der Waals surface area contributed by atoms with Crippen LogP contribution in [0.1, 0.15) is 18.5 Å². The molecule has 0 radical (unpaired) electrons. The van der Waals surface area contributed by atoms with Crippen LogP contribution in [0.15, 0.2) is 30.5 Å². The van der Waals surface area contributed by atoms with Gasteiger partial charge in [0, 0.05) is 45.5 Å². The summed E-state index contributed by atoms with van der Waals surface area (Å²) in [6.07, 6.45) is -1.70. The van der Waals surface area contributed by atoms with Crippen molar-refractivity contribution < 1.29 is 18.0 Å². The molecule has 0 aliphatic carbocycles. The summed E-state index contributed by atoms with van der Waals surface area (Å²) in [7, 11) is 3.42. The number of pyridine rings is 1. The Hall–Kier alpha value is -2.75. The van der Waals surface area contributed by atoms with Crippen molar-refractivity contribution in [2.45, 2.75) is 25.1 Å². The number of hydrogen-bond acceptors (Lipinski definition) is 6. The number of halogens is 3. The third kappa shape index (κ3) is 5.63. The highest BCUT2D eigenvalue weighted by molar-refractivity contribution is 5.77. The molecule has 3 heterocycles. The zero-order chi connectivity index (χ0) is 21.0. The molecular weight excluding hydrogens is 385 g/mol. The van der Waals surface area contributed by atoms with Gasteiger partial charge >= 0.3 is 6.18 Å². The van der Waals surface area contributed by atoms with E-state index in [1.54, 1.807) is 37.2 Å². The topological polar surface area (TPSA) is 74.2 Å². The number of hydrogen-bond donors (Lipinski definition) is 1. The van der Waals surface area contributed by atoms with Crippen molar-refractivity contribution >= 4 is 11.7 Å². The number of rotatable bonds is 5. The highest BCUT2D eigenvalue weighted by Gasteiger charge is 2.34. The number of nitrogens with one attached hydrogen (secondary N) is 1. The summed E-state index contributed by atoms with van der Waals surface area (Å²) in [6.45, 7) is 1.71. The molecule has 7 nitrogen and oxygen atoms in total. The van der Waals surface area contributed by atoms with Crippen LogP contribution < -0.4 is 5.32 Å². The minimum absolute atomic E-state index is 0.0297. The van der Waals surface area contributed by atoms with Gasteiger partial charge in [-0.1, -0.05) is 6.07 Å². The van der Waals surface area contributed by atoms with E-state index in [0.29, 0.717) is 32.5 Å². The van der Waals surface area contributed by atoms with Crippen LogP contribution in [-0.4, -0.2) is 70.4 Å². The first kappa shape index (κ1) is 21.0. The largest absolute Gasteiger partial charge is 0.433 e. The van der Waals surface area contributed by atoms with Gasteiger partial charge in [0.1, 0.15) is 11.5 Å². The van der Waals surface area contributed by atoms with Crippen molar-refractivity contribution in [3.63, 3.8) is 0 Å². The smallest absolute Gasteiger partial charge is 0.367 e. The van der Waals surface area contributed by atoms with Gasteiger partial charge in [0.25, 0.3) is 0 Å². The molecule has 1 N–H and O–H groups in total. The van der Waals surface area contributed by atoms with Crippen molar-refractivity contribution in [2.75, 3.05) is 39.0 Å². The minimum atomic E-state index is -4.58. The molecule has 1 saturated heterocycles. The maximum absolute atomic E-state index is 13.3. The fourth-order valence-corrected chi connectivity index (χ4v) is 3.05. The first-order chi connectivity index (χ1) is 13.7. The van der Waals surface area contributed by atoms with E-state index in [2.05, 4.69) is 20.3 Å². The number of likely N-dealkylation sites (tertiary alicyclic amines) is 1.